The van der Waals surface area contributed by atoms with Crippen LogP contribution >= 0.6 is 0 Å². The molecule has 1 aliphatic rings. The Labute approximate surface area is 144 Å². The molecule has 0 aromatic heterocycles. The first kappa shape index (κ1) is 16.6. The van der Waals surface area contributed by atoms with Gasteiger partial charge in [0.25, 0.3) is 0 Å². The van der Waals surface area contributed by atoms with E-state index in [1.807, 2.05) is 61.3 Å². The van der Waals surface area contributed by atoms with Crippen molar-refractivity contribution in [3.8, 4) is 5.75 Å². The maximum Gasteiger partial charge on any atom is 0.233 e. The second kappa shape index (κ2) is 7.08. The average molecular weight is 323 g/mol. The van der Waals surface area contributed by atoms with Gasteiger partial charge < -0.3 is 9.64 Å². The Balaban J connectivity index is 1.60. The highest BCUT2D eigenvalue weighted by atomic mass is 16.5. The summed E-state index contributed by atoms with van der Waals surface area (Å²) in [5.74, 6) is 1.07. The van der Waals surface area contributed by atoms with Gasteiger partial charge in [0.15, 0.2) is 0 Å². The summed E-state index contributed by atoms with van der Waals surface area (Å²) in [6.45, 7) is 3.15. The van der Waals surface area contributed by atoms with E-state index in [0.29, 0.717) is 13.2 Å². The van der Waals surface area contributed by atoms with E-state index in [-0.39, 0.29) is 11.3 Å². The topological polar surface area (TPSA) is 29.5 Å². The van der Waals surface area contributed by atoms with Gasteiger partial charge >= 0.3 is 0 Å². The predicted molar refractivity (Wildman–Crippen MR) is 96.3 cm³/mol. The summed E-state index contributed by atoms with van der Waals surface area (Å²) in [6, 6.07) is 18.2. The molecule has 3 nitrogen and oxygen atoms in total. The van der Waals surface area contributed by atoms with Gasteiger partial charge in [-0.05, 0) is 43.0 Å². The zero-order valence-electron chi connectivity index (χ0n) is 14.5. The van der Waals surface area contributed by atoms with Gasteiger partial charge in [-0.3, -0.25) is 4.79 Å². The lowest BCUT2D eigenvalue weighted by Crippen LogP contribution is -2.50. The van der Waals surface area contributed by atoms with Gasteiger partial charge in [0, 0.05) is 7.05 Å². The van der Waals surface area contributed by atoms with Crippen LogP contribution in [0.4, 0.5) is 0 Å². The van der Waals surface area contributed by atoms with E-state index in [0.717, 1.165) is 30.6 Å². The van der Waals surface area contributed by atoms with E-state index >= 15 is 0 Å². The second-order valence-corrected chi connectivity index (χ2v) is 6.69. The van der Waals surface area contributed by atoms with Gasteiger partial charge in [-0.1, -0.05) is 48.9 Å². The fraction of sp³-hybridized carbons (Fsp3) is 0.381. The van der Waals surface area contributed by atoms with Gasteiger partial charge in [0.1, 0.15) is 12.4 Å². The van der Waals surface area contributed by atoms with Crippen molar-refractivity contribution in [2.24, 2.45) is 0 Å². The lowest BCUT2D eigenvalue weighted by Gasteiger charge is -2.43. The molecule has 24 heavy (non-hydrogen) atoms. The van der Waals surface area contributed by atoms with Crippen molar-refractivity contribution in [2.75, 3.05) is 20.2 Å². The molecule has 2 aromatic carbocycles. The molecule has 0 N–H and O–H groups in total. The van der Waals surface area contributed by atoms with Crippen LogP contribution < -0.4 is 4.74 Å². The van der Waals surface area contributed by atoms with Gasteiger partial charge in [-0.2, -0.15) is 0 Å². The third-order valence-electron chi connectivity index (χ3n) is 4.97. The number of amides is 1. The number of likely N-dealkylation sites (N-methyl/N-ethyl adjacent to an activating group) is 1. The van der Waals surface area contributed by atoms with E-state index in [9.17, 15) is 4.79 Å². The molecule has 0 spiro atoms. The number of hydrogen-bond acceptors (Lipinski definition) is 2. The molecule has 0 radical (unpaired) electrons. The molecule has 0 unspecified atom stereocenters. The van der Waals surface area contributed by atoms with Crippen molar-refractivity contribution in [3.05, 3.63) is 65.7 Å². The molecule has 0 bridgehead atoms. The summed E-state index contributed by atoms with van der Waals surface area (Å²) in [5, 5.41) is 0. The van der Waals surface area contributed by atoms with E-state index in [1.165, 1.54) is 5.56 Å². The zero-order valence-corrected chi connectivity index (χ0v) is 14.5. The highest BCUT2D eigenvalue weighted by Gasteiger charge is 2.46. The van der Waals surface area contributed by atoms with Crippen LogP contribution in [0, 0.1) is 6.92 Å². The molecule has 1 aliphatic carbocycles. The van der Waals surface area contributed by atoms with Crippen molar-refractivity contribution >= 4 is 5.91 Å². The standard InChI is InChI=1S/C21H25NO2/c1-17-8-6-11-19(16-17)24-15-14-22(2)20(23)21(12-7-13-21)18-9-4-3-5-10-18/h3-6,8-11,16H,7,12-15H2,1-2H3. The lowest BCUT2D eigenvalue weighted by atomic mass is 9.63. The fourth-order valence-electron chi connectivity index (χ4n) is 3.39. The molecule has 0 saturated heterocycles. The number of carbonyl (C=O) groups excluding carboxylic acids is 1. The number of benzene rings is 2. The Kier molecular flexibility index (Phi) is 4.89. The zero-order chi connectivity index (χ0) is 17.0. The third kappa shape index (κ3) is 3.30. The maximum absolute atomic E-state index is 13.0. The Morgan fingerprint density at radius 1 is 1.12 bits per heavy atom. The van der Waals surface area contributed by atoms with Crippen molar-refractivity contribution in [2.45, 2.75) is 31.6 Å². The van der Waals surface area contributed by atoms with Crippen molar-refractivity contribution < 1.29 is 9.53 Å². The molecule has 3 heteroatoms. The van der Waals surface area contributed by atoms with Gasteiger partial charge in [-0.15, -0.1) is 0 Å². The fourth-order valence-corrected chi connectivity index (χ4v) is 3.39. The largest absolute Gasteiger partial charge is 0.492 e. The first-order valence-corrected chi connectivity index (χ1v) is 8.62. The predicted octanol–water partition coefficient (Wildman–Crippen LogP) is 3.95. The van der Waals surface area contributed by atoms with Crippen molar-refractivity contribution in [3.63, 3.8) is 0 Å². The highest BCUT2D eigenvalue weighted by molar-refractivity contribution is 5.89. The maximum atomic E-state index is 13.0. The van der Waals surface area contributed by atoms with Crippen LogP contribution in [0.1, 0.15) is 30.4 Å². The number of carbonyl (C=O) groups is 1. The van der Waals surface area contributed by atoms with Crippen LogP contribution in [-0.4, -0.2) is 31.0 Å². The molecular formula is C21H25NO2. The first-order valence-electron chi connectivity index (χ1n) is 8.62. The SMILES string of the molecule is Cc1cccc(OCCN(C)C(=O)C2(c3ccccc3)CCC2)c1. The highest BCUT2D eigenvalue weighted by Crippen LogP contribution is 2.44. The summed E-state index contributed by atoms with van der Waals surface area (Å²) >= 11 is 0. The smallest absolute Gasteiger partial charge is 0.233 e. The Morgan fingerprint density at radius 3 is 2.50 bits per heavy atom. The van der Waals surface area contributed by atoms with E-state index in [4.69, 9.17) is 4.74 Å². The molecule has 0 atom stereocenters. The monoisotopic (exact) mass is 323 g/mol. The Hall–Kier alpha value is -2.29. The van der Waals surface area contributed by atoms with E-state index in [2.05, 4.69) is 12.1 Å². The number of rotatable bonds is 6. The van der Waals surface area contributed by atoms with Crippen molar-refractivity contribution in [1.29, 1.82) is 0 Å². The van der Waals surface area contributed by atoms with E-state index in [1.54, 1.807) is 0 Å². The summed E-state index contributed by atoms with van der Waals surface area (Å²) in [5.41, 5.74) is 2.00. The molecule has 1 amide bonds. The summed E-state index contributed by atoms with van der Waals surface area (Å²) < 4.78 is 5.78. The van der Waals surface area contributed by atoms with Crippen LogP contribution in [0.3, 0.4) is 0 Å². The van der Waals surface area contributed by atoms with Gasteiger partial charge in [0.05, 0.1) is 12.0 Å². The molecule has 1 fully saturated rings. The van der Waals surface area contributed by atoms with Crippen molar-refractivity contribution in [1.82, 2.24) is 4.90 Å². The molecule has 2 aromatic rings. The van der Waals surface area contributed by atoms with Gasteiger partial charge in [0.2, 0.25) is 5.91 Å². The number of ether oxygens (including phenoxy) is 1. The van der Waals surface area contributed by atoms with Crippen LogP contribution in [0.2, 0.25) is 0 Å². The lowest BCUT2D eigenvalue weighted by molar-refractivity contribution is -0.139. The molecular weight excluding hydrogens is 298 g/mol. The molecule has 0 aliphatic heterocycles. The molecule has 0 heterocycles. The Morgan fingerprint density at radius 2 is 1.88 bits per heavy atom. The minimum absolute atomic E-state index is 0.216. The normalized spacial score (nSPS) is 15.4. The van der Waals surface area contributed by atoms with Crippen LogP contribution in [0.15, 0.2) is 54.6 Å². The minimum atomic E-state index is -0.320. The van der Waals surface area contributed by atoms with Crippen LogP contribution in [0.5, 0.6) is 5.75 Å². The van der Waals surface area contributed by atoms with E-state index < -0.39 is 0 Å². The van der Waals surface area contributed by atoms with Gasteiger partial charge in [-0.25, -0.2) is 0 Å². The Bertz CT molecular complexity index is 692. The number of aryl methyl sites for hydroxylation is 1. The van der Waals surface area contributed by atoms with Crippen LogP contribution in [-0.2, 0) is 10.2 Å². The first-order chi connectivity index (χ1) is 11.6. The minimum Gasteiger partial charge on any atom is -0.492 e. The third-order valence-corrected chi connectivity index (χ3v) is 4.97. The number of nitrogens with zero attached hydrogens (tertiary/aromatic N) is 1. The molecule has 1 saturated carbocycles. The molecule has 126 valence electrons. The number of hydrogen-bond donors (Lipinski definition) is 0. The quantitative estimate of drug-likeness (QED) is 0.805. The summed E-state index contributed by atoms with van der Waals surface area (Å²) in [6.07, 6.45) is 3.01. The second-order valence-electron chi connectivity index (χ2n) is 6.69. The summed E-state index contributed by atoms with van der Waals surface area (Å²) in [7, 11) is 1.88. The average Bonchev–Trinajstić information content (AvgIpc) is 2.55. The molecule has 3 rings (SSSR count). The summed E-state index contributed by atoms with van der Waals surface area (Å²) in [4.78, 5) is 14.8. The van der Waals surface area contributed by atoms with Crippen LogP contribution in [0.25, 0.3) is 0 Å².